The molecule has 0 aliphatic carbocycles. The molecule has 138 valence electrons. The van der Waals surface area contributed by atoms with Gasteiger partial charge in [0.25, 0.3) is 0 Å². The van der Waals surface area contributed by atoms with Crippen molar-refractivity contribution in [3.63, 3.8) is 0 Å². The number of rotatable bonds is 8. The van der Waals surface area contributed by atoms with Crippen LogP contribution in [0.4, 0.5) is 5.69 Å². The smallest absolute Gasteiger partial charge is 0.232 e. The van der Waals surface area contributed by atoms with Crippen LogP contribution in [0.25, 0.3) is 0 Å². The summed E-state index contributed by atoms with van der Waals surface area (Å²) in [4.78, 5) is 17.0. The van der Waals surface area contributed by atoms with Gasteiger partial charge in [0, 0.05) is 0 Å². The minimum absolute atomic E-state index is 0.0706. The second kappa shape index (κ2) is 9.68. The van der Waals surface area contributed by atoms with E-state index in [1.165, 1.54) is 0 Å². The maximum absolute atomic E-state index is 11.9. The Labute approximate surface area is 157 Å². The van der Waals surface area contributed by atoms with Crippen molar-refractivity contribution in [2.75, 3.05) is 18.5 Å². The Morgan fingerprint density at radius 2 is 1.96 bits per heavy atom. The maximum Gasteiger partial charge on any atom is 0.232 e. The molecule has 2 aromatic carbocycles. The van der Waals surface area contributed by atoms with E-state index in [0.29, 0.717) is 17.3 Å². The summed E-state index contributed by atoms with van der Waals surface area (Å²) in [6, 6.07) is 12.9. The van der Waals surface area contributed by atoms with Crippen LogP contribution >= 0.6 is 11.6 Å². The number of nitrogens with two attached hydrogens (primary N) is 1. The first-order valence-corrected chi connectivity index (χ1v) is 8.52. The van der Waals surface area contributed by atoms with Gasteiger partial charge in [0.15, 0.2) is 6.61 Å². The molecular formula is C19H22ClN3O3. The van der Waals surface area contributed by atoms with Crippen LogP contribution in [0.2, 0.25) is 5.02 Å². The van der Waals surface area contributed by atoms with Gasteiger partial charge >= 0.3 is 0 Å². The predicted octanol–water partition coefficient (Wildman–Crippen LogP) is 3.65. The number of carbonyl (C=O) groups is 1. The molecule has 0 aliphatic heterocycles. The fourth-order valence-corrected chi connectivity index (χ4v) is 2.32. The Morgan fingerprint density at radius 3 is 2.73 bits per heavy atom. The van der Waals surface area contributed by atoms with Crippen molar-refractivity contribution in [3.8, 4) is 5.75 Å². The molecule has 6 nitrogen and oxygen atoms in total. The van der Waals surface area contributed by atoms with Crippen molar-refractivity contribution in [1.82, 2.24) is 0 Å². The molecule has 0 spiro atoms. The number of para-hydroxylation sites is 1. The van der Waals surface area contributed by atoms with E-state index in [1.54, 1.807) is 24.3 Å². The van der Waals surface area contributed by atoms with E-state index < -0.39 is 0 Å². The Hall–Kier alpha value is -2.73. The summed E-state index contributed by atoms with van der Waals surface area (Å²) in [5, 5.41) is 6.84. The molecule has 0 fully saturated rings. The van der Waals surface area contributed by atoms with Crippen LogP contribution in [-0.2, 0) is 9.63 Å². The fourth-order valence-electron chi connectivity index (χ4n) is 2.13. The average Bonchev–Trinajstić information content (AvgIpc) is 2.59. The molecule has 3 N–H and O–H groups in total. The maximum atomic E-state index is 11.9. The largest absolute Gasteiger partial charge is 0.490 e. The van der Waals surface area contributed by atoms with Crippen molar-refractivity contribution in [1.29, 1.82) is 0 Å². The number of halogens is 1. The van der Waals surface area contributed by atoms with Gasteiger partial charge in [-0.1, -0.05) is 41.0 Å². The van der Waals surface area contributed by atoms with E-state index in [9.17, 15) is 4.79 Å². The molecule has 26 heavy (non-hydrogen) atoms. The van der Waals surface area contributed by atoms with E-state index in [0.717, 1.165) is 16.9 Å². The molecule has 2 aromatic rings. The molecule has 0 aliphatic rings. The molecule has 2 rings (SSSR count). The molecule has 0 saturated heterocycles. The molecule has 0 atom stereocenters. The molecule has 0 unspecified atom stereocenters. The van der Waals surface area contributed by atoms with Crippen LogP contribution in [-0.4, -0.2) is 25.0 Å². The molecular weight excluding hydrogens is 354 g/mol. The Balaban J connectivity index is 1.72. The Kier molecular flexibility index (Phi) is 7.29. The number of ether oxygens (including phenoxy) is 1. The average molecular weight is 376 g/mol. The first-order chi connectivity index (χ1) is 12.5. The van der Waals surface area contributed by atoms with E-state index in [4.69, 9.17) is 26.9 Å². The normalized spacial score (nSPS) is 11.1. The van der Waals surface area contributed by atoms with Crippen LogP contribution in [0.1, 0.15) is 17.5 Å². The topological polar surface area (TPSA) is 85.9 Å². The fraction of sp³-hybridized carbons (Fsp3) is 0.263. The standard InChI is InChI=1S/C19H22ClN3O3/c1-13-7-8-14(2)17(11-13)25-9-10-26-23-18(21)12-19(24)22-16-6-4-3-5-15(16)20/h3-8,11H,9-10,12H2,1-2H3,(H2,21,23)(H,22,24). The number of amidine groups is 1. The van der Waals surface area contributed by atoms with E-state index in [-0.39, 0.29) is 24.8 Å². The van der Waals surface area contributed by atoms with E-state index in [1.807, 2.05) is 32.0 Å². The molecule has 7 heteroatoms. The summed E-state index contributed by atoms with van der Waals surface area (Å²) in [7, 11) is 0. The van der Waals surface area contributed by atoms with Gasteiger partial charge in [-0.15, -0.1) is 0 Å². The van der Waals surface area contributed by atoms with Crippen LogP contribution < -0.4 is 15.8 Å². The lowest BCUT2D eigenvalue weighted by atomic mass is 10.1. The quantitative estimate of drug-likeness (QED) is 0.319. The van der Waals surface area contributed by atoms with Gasteiger partial charge in [0.2, 0.25) is 5.91 Å². The van der Waals surface area contributed by atoms with Crippen molar-refractivity contribution < 1.29 is 14.4 Å². The highest BCUT2D eigenvalue weighted by Gasteiger charge is 2.08. The molecule has 0 saturated carbocycles. The third-order valence-corrected chi connectivity index (χ3v) is 3.78. The monoisotopic (exact) mass is 375 g/mol. The van der Waals surface area contributed by atoms with Crippen LogP contribution in [0.3, 0.4) is 0 Å². The van der Waals surface area contributed by atoms with Crippen LogP contribution in [0.15, 0.2) is 47.6 Å². The van der Waals surface area contributed by atoms with Crippen molar-refractivity contribution in [2.24, 2.45) is 10.9 Å². The van der Waals surface area contributed by atoms with Gasteiger partial charge in [-0.25, -0.2) is 0 Å². The minimum Gasteiger partial charge on any atom is -0.490 e. The number of nitrogens with zero attached hydrogens (tertiary/aromatic N) is 1. The lowest BCUT2D eigenvalue weighted by Crippen LogP contribution is -2.22. The first kappa shape index (κ1) is 19.6. The summed E-state index contributed by atoms with van der Waals surface area (Å²) in [6.45, 7) is 4.53. The van der Waals surface area contributed by atoms with Gasteiger partial charge in [0.1, 0.15) is 18.2 Å². The van der Waals surface area contributed by atoms with Crippen LogP contribution in [0, 0.1) is 13.8 Å². The zero-order valence-corrected chi connectivity index (χ0v) is 15.5. The highest BCUT2D eigenvalue weighted by Crippen LogP contribution is 2.20. The number of amides is 1. The first-order valence-electron chi connectivity index (χ1n) is 8.14. The summed E-state index contributed by atoms with van der Waals surface area (Å²) < 4.78 is 5.64. The van der Waals surface area contributed by atoms with Crippen LogP contribution in [0.5, 0.6) is 5.75 Å². The van der Waals surface area contributed by atoms with E-state index in [2.05, 4.69) is 10.5 Å². The van der Waals surface area contributed by atoms with Crippen molar-refractivity contribution >= 4 is 29.0 Å². The molecule has 0 aromatic heterocycles. The lowest BCUT2D eigenvalue weighted by Gasteiger charge is -2.09. The molecule has 0 heterocycles. The van der Waals surface area contributed by atoms with Gasteiger partial charge in [0.05, 0.1) is 17.1 Å². The van der Waals surface area contributed by atoms with Crippen molar-refractivity contribution in [2.45, 2.75) is 20.3 Å². The molecule has 1 amide bonds. The minimum atomic E-state index is -0.324. The summed E-state index contributed by atoms with van der Waals surface area (Å²) >= 11 is 5.98. The number of hydrogen-bond donors (Lipinski definition) is 2. The third-order valence-electron chi connectivity index (χ3n) is 3.45. The molecule has 0 bridgehead atoms. The zero-order chi connectivity index (χ0) is 18.9. The number of anilines is 1. The zero-order valence-electron chi connectivity index (χ0n) is 14.8. The SMILES string of the molecule is Cc1ccc(C)c(OCCO/N=C(/N)CC(=O)Nc2ccccc2Cl)c1. The second-order valence-corrected chi connectivity index (χ2v) is 6.15. The summed E-state index contributed by atoms with van der Waals surface area (Å²) in [6.07, 6.45) is -0.0942. The van der Waals surface area contributed by atoms with Gasteiger partial charge in [-0.2, -0.15) is 0 Å². The summed E-state index contributed by atoms with van der Waals surface area (Å²) in [5.41, 5.74) is 8.39. The highest BCUT2D eigenvalue weighted by atomic mass is 35.5. The number of carbonyl (C=O) groups excluding carboxylic acids is 1. The number of hydrogen-bond acceptors (Lipinski definition) is 4. The number of nitrogens with one attached hydrogen (secondary N) is 1. The van der Waals surface area contributed by atoms with Gasteiger partial charge in [-0.3, -0.25) is 4.79 Å². The van der Waals surface area contributed by atoms with Crippen molar-refractivity contribution in [3.05, 3.63) is 58.6 Å². The number of oxime groups is 1. The number of benzene rings is 2. The lowest BCUT2D eigenvalue weighted by molar-refractivity contribution is -0.115. The highest BCUT2D eigenvalue weighted by molar-refractivity contribution is 6.33. The number of aryl methyl sites for hydroxylation is 2. The van der Waals surface area contributed by atoms with E-state index >= 15 is 0 Å². The Morgan fingerprint density at radius 1 is 1.19 bits per heavy atom. The Bertz CT molecular complexity index is 793. The third kappa shape index (κ3) is 6.29. The predicted molar refractivity (Wildman–Crippen MR) is 104 cm³/mol. The molecule has 0 radical (unpaired) electrons. The second-order valence-electron chi connectivity index (χ2n) is 5.74. The summed E-state index contributed by atoms with van der Waals surface area (Å²) in [5.74, 6) is 0.556. The van der Waals surface area contributed by atoms with Gasteiger partial charge < -0.3 is 20.6 Å². The van der Waals surface area contributed by atoms with Gasteiger partial charge in [-0.05, 0) is 43.2 Å².